The molecule has 1 amide bonds. The van der Waals surface area contributed by atoms with Crippen LogP contribution in [-0.4, -0.2) is 33.3 Å². The molecular weight excluding hydrogens is 400 g/mol. The molecule has 0 aliphatic rings. The predicted octanol–water partition coefficient (Wildman–Crippen LogP) is 4.99. The first-order chi connectivity index (χ1) is 14.1. The highest BCUT2D eigenvalue weighted by Crippen LogP contribution is 2.26. The lowest BCUT2D eigenvalue weighted by Crippen LogP contribution is -2.32. The van der Waals surface area contributed by atoms with Crippen LogP contribution < -0.4 is 5.32 Å². The van der Waals surface area contributed by atoms with Crippen molar-refractivity contribution in [2.75, 3.05) is 17.6 Å². The van der Waals surface area contributed by atoms with E-state index in [9.17, 15) is 4.79 Å². The van der Waals surface area contributed by atoms with Gasteiger partial charge in [0.15, 0.2) is 4.34 Å². The fourth-order valence-corrected chi connectivity index (χ4v) is 4.45. The van der Waals surface area contributed by atoms with Crippen molar-refractivity contribution >= 4 is 34.1 Å². The summed E-state index contributed by atoms with van der Waals surface area (Å²) in [5, 5.41) is 12.4. The van der Waals surface area contributed by atoms with Crippen LogP contribution in [0.3, 0.4) is 0 Å². The summed E-state index contributed by atoms with van der Waals surface area (Å²) in [6.07, 6.45) is 0.939. The summed E-state index contributed by atoms with van der Waals surface area (Å²) in [6.45, 7) is 6.28. The number of amides is 1. The number of thioether (sulfide) groups is 1. The first-order valence-corrected chi connectivity index (χ1v) is 11.5. The highest BCUT2D eigenvalue weighted by atomic mass is 32.2. The van der Waals surface area contributed by atoms with Gasteiger partial charge in [-0.1, -0.05) is 90.2 Å². The van der Waals surface area contributed by atoms with Crippen LogP contribution in [0.5, 0.6) is 0 Å². The number of hydrogen-bond donors (Lipinski definition) is 1. The smallest absolute Gasteiger partial charge is 0.233 e. The predicted molar refractivity (Wildman–Crippen MR) is 121 cm³/mol. The number of rotatable bonds is 10. The van der Waals surface area contributed by atoms with Gasteiger partial charge < -0.3 is 10.2 Å². The molecule has 2 aromatic carbocycles. The quantitative estimate of drug-likeness (QED) is 0.463. The first kappa shape index (κ1) is 21.3. The maximum atomic E-state index is 12.7. The molecule has 0 bridgehead atoms. The lowest BCUT2D eigenvalue weighted by molar-refractivity contribution is -0.129. The largest absolute Gasteiger partial charge is 0.356 e. The number of hydrogen-bond acceptors (Lipinski definition) is 6. The molecule has 3 rings (SSSR count). The van der Waals surface area contributed by atoms with E-state index in [1.165, 1.54) is 34.2 Å². The van der Waals surface area contributed by atoms with Gasteiger partial charge in [-0.15, -0.1) is 10.2 Å². The van der Waals surface area contributed by atoms with E-state index >= 15 is 0 Å². The van der Waals surface area contributed by atoms with Gasteiger partial charge in [-0.05, 0) is 24.5 Å². The van der Waals surface area contributed by atoms with Crippen LogP contribution in [0, 0.1) is 6.92 Å². The van der Waals surface area contributed by atoms with Crippen LogP contribution in [0.1, 0.15) is 30.0 Å². The summed E-state index contributed by atoms with van der Waals surface area (Å²) >= 11 is 2.94. The van der Waals surface area contributed by atoms with Crippen molar-refractivity contribution in [1.29, 1.82) is 0 Å². The standard InChI is InChI=1S/C22H26N4OS2/c1-3-13-26(15-19-11-9-17(2)10-12-19)20(27)16-28-22-25-24-21(29-22)23-14-18-7-5-4-6-8-18/h4-12H,3,13-16H2,1-2H3,(H,23,24). The van der Waals surface area contributed by atoms with Crippen LogP contribution in [-0.2, 0) is 17.9 Å². The molecule has 1 heterocycles. The third kappa shape index (κ3) is 6.87. The molecule has 0 atom stereocenters. The van der Waals surface area contributed by atoms with Crippen molar-refractivity contribution in [3.8, 4) is 0 Å². The zero-order valence-corrected chi connectivity index (χ0v) is 18.4. The zero-order valence-electron chi connectivity index (χ0n) is 16.8. The van der Waals surface area contributed by atoms with Gasteiger partial charge in [0.1, 0.15) is 0 Å². The molecule has 0 spiro atoms. The molecule has 1 aromatic heterocycles. The minimum absolute atomic E-state index is 0.131. The Labute approximate surface area is 180 Å². The second-order valence-electron chi connectivity index (χ2n) is 6.80. The highest BCUT2D eigenvalue weighted by Gasteiger charge is 2.15. The Morgan fingerprint density at radius 2 is 1.83 bits per heavy atom. The Balaban J connectivity index is 1.50. The second-order valence-corrected chi connectivity index (χ2v) is 9.00. The average Bonchev–Trinajstić information content (AvgIpc) is 3.20. The van der Waals surface area contributed by atoms with Gasteiger partial charge in [-0.3, -0.25) is 4.79 Å². The van der Waals surface area contributed by atoms with E-state index in [2.05, 4.69) is 65.8 Å². The van der Waals surface area contributed by atoms with Gasteiger partial charge in [0.2, 0.25) is 11.0 Å². The molecule has 152 valence electrons. The summed E-state index contributed by atoms with van der Waals surface area (Å²) in [7, 11) is 0. The number of anilines is 1. The fourth-order valence-electron chi connectivity index (χ4n) is 2.80. The minimum Gasteiger partial charge on any atom is -0.356 e. The lowest BCUT2D eigenvalue weighted by atomic mass is 10.1. The third-order valence-corrected chi connectivity index (χ3v) is 6.35. The molecule has 1 N–H and O–H groups in total. The maximum absolute atomic E-state index is 12.7. The summed E-state index contributed by atoms with van der Waals surface area (Å²) in [5.41, 5.74) is 3.58. The van der Waals surface area contributed by atoms with Crippen LogP contribution in [0.2, 0.25) is 0 Å². The number of benzene rings is 2. The number of nitrogens with one attached hydrogen (secondary N) is 1. The van der Waals surface area contributed by atoms with Crippen LogP contribution >= 0.6 is 23.1 Å². The van der Waals surface area contributed by atoms with Gasteiger partial charge >= 0.3 is 0 Å². The number of aromatic nitrogens is 2. The van der Waals surface area contributed by atoms with E-state index in [-0.39, 0.29) is 5.91 Å². The van der Waals surface area contributed by atoms with Gasteiger partial charge in [0, 0.05) is 19.6 Å². The van der Waals surface area contributed by atoms with E-state index in [1.807, 2.05) is 23.1 Å². The molecule has 29 heavy (non-hydrogen) atoms. The Bertz CT molecular complexity index is 897. The highest BCUT2D eigenvalue weighted by molar-refractivity contribution is 8.01. The van der Waals surface area contributed by atoms with Crippen LogP contribution in [0.25, 0.3) is 0 Å². The zero-order chi connectivity index (χ0) is 20.5. The molecule has 3 aromatic rings. The number of aryl methyl sites for hydroxylation is 1. The maximum Gasteiger partial charge on any atom is 0.233 e. The van der Waals surface area contributed by atoms with Crippen molar-refractivity contribution in [2.24, 2.45) is 0 Å². The average molecular weight is 427 g/mol. The van der Waals surface area contributed by atoms with Gasteiger partial charge in [0.25, 0.3) is 0 Å². The topological polar surface area (TPSA) is 58.1 Å². The number of carbonyl (C=O) groups excluding carboxylic acids is 1. The van der Waals surface area contributed by atoms with Gasteiger partial charge in [0.05, 0.1) is 5.75 Å². The summed E-state index contributed by atoms with van der Waals surface area (Å²) in [5.74, 6) is 0.505. The van der Waals surface area contributed by atoms with E-state index < -0.39 is 0 Å². The molecule has 0 saturated heterocycles. The van der Waals surface area contributed by atoms with Crippen molar-refractivity contribution < 1.29 is 4.79 Å². The molecule has 0 radical (unpaired) electrons. The summed E-state index contributed by atoms with van der Waals surface area (Å²) in [4.78, 5) is 14.7. The van der Waals surface area contributed by atoms with E-state index in [4.69, 9.17) is 0 Å². The molecule has 0 unspecified atom stereocenters. The number of carbonyl (C=O) groups is 1. The van der Waals surface area contributed by atoms with Crippen molar-refractivity contribution in [1.82, 2.24) is 15.1 Å². The third-order valence-electron chi connectivity index (χ3n) is 4.35. The lowest BCUT2D eigenvalue weighted by Gasteiger charge is -2.22. The van der Waals surface area contributed by atoms with Crippen molar-refractivity contribution in [3.63, 3.8) is 0 Å². The van der Waals surface area contributed by atoms with E-state index in [1.54, 1.807) is 0 Å². The Kier molecular flexibility index (Phi) is 8.07. The molecule has 7 heteroatoms. The Hall–Kier alpha value is -2.38. The molecule has 0 fully saturated rings. The molecular formula is C22H26N4OS2. The monoisotopic (exact) mass is 426 g/mol. The van der Waals surface area contributed by atoms with Crippen molar-refractivity contribution in [2.45, 2.75) is 37.7 Å². The SMILES string of the molecule is CCCN(Cc1ccc(C)cc1)C(=O)CSc1nnc(NCc2ccccc2)s1. The second kappa shape index (κ2) is 11.0. The number of nitrogens with zero attached hydrogens (tertiary/aromatic N) is 3. The van der Waals surface area contributed by atoms with E-state index in [0.717, 1.165) is 28.0 Å². The molecule has 5 nitrogen and oxygen atoms in total. The fraction of sp³-hybridized carbons (Fsp3) is 0.318. The summed E-state index contributed by atoms with van der Waals surface area (Å²) < 4.78 is 0.806. The summed E-state index contributed by atoms with van der Waals surface area (Å²) in [6, 6.07) is 18.5. The first-order valence-electron chi connectivity index (χ1n) is 9.71. The molecule has 0 saturated carbocycles. The van der Waals surface area contributed by atoms with Gasteiger partial charge in [-0.2, -0.15) is 0 Å². The Morgan fingerprint density at radius 1 is 1.07 bits per heavy atom. The minimum atomic E-state index is 0.131. The molecule has 0 aliphatic heterocycles. The van der Waals surface area contributed by atoms with Crippen LogP contribution in [0.4, 0.5) is 5.13 Å². The normalized spacial score (nSPS) is 10.7. The van der Waals surface area contributed by atoms with Crippen molar-refractivity contribution in [3.05, 3.63) is 71.3 Å². The van der Waals surface area contributed by atoms with Crippen LogP contribution in [0.15, 0.2) is 58.9 Å². The van der Waals surface area contributed by atoms with Gasteiger partial charge in [-0.25, -0.2) is 0 Å². The molecule has 0 aliphatic carbocycles. The Morgan fingerprint density at radius 3 is 2.55 bits per heavy atom. The van der Waals surface area contributed by atoms with E-state index in [0.29, 0.717) is 18.8 Å².